The van der Waals surface area contributed by atoms with Crippen LogP contribution in [0.5, 0.6) is 0 Å². The van der Waals surface area contributed by atoms with E-state index in [1.165, 1.54) is 0 Å². The lowest BCUT2D eigenvalue weighted by molar-refractivity contribution is -0.130. The van der Waals surface area contributed by atoms with Crippen LogP contribution in [0.2, 0.25) is 0 Å². The molecule has 6 heteroatoms. The molecule has 2 aromatic rings. The van der Waals surface area contributed by atoms with Gasteiger partial charge >= 0.3 is 0 Å². The molecule has 0 fully saturated rings. The number of furan rings is 1. The van der Waals surface area contributed by atoms with Gasteiger partial charge in [0.15, 0.2) is 9.84 Å². The second-order valence-electron chi connectivity index (χ2n) is 5.20. The van der Waals surface area contributed by atoms with Crippen LogP contribution in [0.25, 0.3) is 11.0 Å². The van der Waals surface area contributed by atoms with Crippen LogP contribution in [-0.4, -0.2) is 38.1 Å². The zero-order valence-electron chi connectivity index (χ0n) is 12.9. The average Bonchev–Trinajstić information content (AvgIpc) is 2.93. The van der Waals surface area contributed by atoms with Crippen molar-refractivity contribution in [2.45, 2.75) is 26.0 Å². The molecule has 0 saturated carbocycles. The number of amides is 1. The first-order valence-electron chi connectivity index (χ1n) is 7.39. The van der Waals surface area contributed by atoms with Crippen molar-refractivity contribution < 1.29 is 17.6 Å². The number of hydrogen-bond acceptors (Lipinski definition) is 4. The molecule has 0 atom stereocenters. The van der Waals surface area contributed by atoms with Crippen molar-refractivity contribution in [1.29, 1.82) is 0 Å². The van der Waals surface area contributed by atoms with Gasteiger partial charge in [-0.15, -0.1) is 0 Å². The number of benzene rings is 1. The smallest absolute Gasteiger partial charge is 0.223 e. The molecule has 1 heterocycles. The minimum Gasteiger partial charge on any atom is -0.464 e. The van der Waals surface area contributed by atoms with Gasteiger partial charge in [-0.1, -0.05) is 6.07 Å². The second kappa shape index (κ2) is 6.96. The van der Waals surface area contributed by atoms with Crippen molar-refractivity contribution in [2.75, 3.05) is 18.8 Å². The fourth-order valence-corrected chi connectivity index (χ4v) is 3.73. The second-order valence-corrected chi connectivity index (χ2v) is 7.38. The molecule has 0 unspecified atom stereocenters. The lowest BCUT2D eigenvalue weighted by atomic mass is 10.2. The SMILES string of the molecule is CCN(CC)C(=O)CCS(=O)(=O)Cc1ccc2occc2c1. The Morgan fingerprint density at radius 1 is 1.18 bits per heavy atom. The van der Waals surface area contributed by atoms with Gasteiger partial charge in [-0.3, -0.25) is 4.79 Å². The van der Waals surface area contributed by atoms with Gasteiger partial charge in [0.05, 0.1) is 17.8 Å². The summed E-state index contributed by atoms with van der Waals surface area (Å²) in [7, 11) is -3.31. The van der Waals surface area contributed by atoms with Crippen LogP contribution in [0.3, 0.4) is 0 Å². The van der Waals surface area contributed by atoms with Crippen LogP contribution in [0, 0.1) is 0 Å². The Morgan fingerprint density at radius 2 is 1.91 bits per heavy atom. The predicted molar refractivity (Wildman–Crippen MR) is 86.2 cm³/mol. The fraction of sp³-hybridized carbons (Fsp3) is 0.438. The van der Waals surface area contributed by atoms with Crippen molar-refractivity contribution in [3.8, 4) is 0 Å². The Labute approximate surface area is 130 Å². The lowest BCUT2D eigenvalue weighted by Gasteiger charge is -2.18. The Balaban J connectivity index is 2.00. The quantitative estimate of drug-likeness (QED) is 0.785. The summed E-state index contributed by atoms with van der Waals surface area (Å²) in [5.74, 6) is -0.287. The normalized spacial score (nSPS) is 11.7. The number of sulfone groups is 1. The highest BCUT2D eigenvalue weighted by atomic mass is 32.2. The molecule has 0 aliphatic carbocycles. The topological polar surface area (TPSA) is 67.6 Å². The number of fused-ring (bicyclic) bond motifs is 1. The Bertz CT molecular complexity index is 744. The molecular formula is C16H21NO4S. The molecule has 1 aromatic heterocycles. The summed E-state index contributed by atoms with van der Waals surface area (Å²) in [5.41, 5.74) is 1.45. The van der Waals surface area contributed by atoms with Crippen molar-refractivity contribution in [1.82, 2.24) is 4.90 Å². The van der Waals surface area contributed by atoms with Gasteiger partial charge in [-0.2, -0.15) is 0 Å². The van der Waals surface area contributed by atoms with E-state index in [4.69, 9.17) is 4.42 Å². The summed E-state index contributed by atoms with van der Waals surface area (Å²) in [6, 6.07) is 7.12. The third-order valence-corrected chi connectivity index (χ3v) is 5.25. The summed E-state index contributed by atoms with van der Waals surface area (Å²) in [4.78, 5) is 13.5. The molecule has 1 aromatic carbocycles. The molecule has 0 radical (unpaired) electrons. The highest BCUT2D eigenvalue weighted by molar-refractivity contribution is 7.90. The van der Waals surface area contributed by atoms with E-state index in [9.17, 15) is 13.2 Å². The monoisotopic (exact) mass is 323 g/mol. The van der Waals surface area contributed by atoms with Gasteiger partial charge in [0, 0.05) is 24.9 Å². The highest BCUT2D eigenvalue weighted by Gasteiger charge is 2.17. The van der Waals surface area contributed by atoms with Crippen LogP contribution in [0.1, 0.15) is 25.8 Å². The average molecular weight is 323 g/mol. The molecule has 0 N–H and O–H groups in total. The van der Waals surface area contributed by atoms with Gasteiger partial charge in [0.25, 0.3) is 0 Å². The summed E-state index contributed by atoms with van der Waals surface area (Å²) in [6.07, 6.45) is 1.61. The Kier molecular flexibility index (Phi) is 5.24. The third kappa shape index (κ3) is 4.10. The molecule has 22 heavy (non-hydrogen) atoms. The van der Waals surface area contributed by atoms with Crippen LogP contribution in [0.4, 0.5) is 0 Å². The van der Waals surface area contributed by atoms with E-state index in [0.29, 0.717) is 18.7 Å². The first-order chi connectivity index (χ1) is 10.4. The zero-order valence-corrected chi connectivity index (χ0v) is 13.7. The number of carbonyl (C=O) groups excluding carboxylic acids is 1. The van der Waals surface area contributed by atoms with Gasteiger partial charge in [0.1, 0.15) is 5.58 Å². The predicted octanol–water partition coefficient (Wildman–Crippen LogP) is 2.61. The maximum absolute atomic E-state index is 12.2. The molecule has 0 saturated heterocycles. The largest absolute Gasteiger partial charge is 0.464 e. The number of carbonyl (C=O) groups is 1. The van der Waals surface area contributed by atoms with E-state index in [1.807, 2.05) is 19.9 Å². The van der Waals surface area contributed by atoms with Crippen LogP contribution in [-0.2, 0) is 20.4 Å². The Morgan fingerprint density at radius 3 is 2.59 bits per heavy atom. The van der Waals surface area contributed by atoms with Crippen molar-refractivity contribution in [3.05, 3.63) is 36.1 Å². The number of hydrogen-bond donors (Lipinski definition) is 0. The van der Waals surface area contributed by atoms with Crippen LogP contribution < -0.4 is 0 Å². The van der Waals surface area contributed by atoms with Crippen molar-refractivity contribution >= 4 is 26.7 Å². The molecule has 1 amide bonds. The molecule has 5 nitrogen and oxygen atoms in total. The first-order valence-corrected chi connectivity index (χ1v) is 9.21. The zero-order chi connectivity index (χ0) is 16.2. The maximum Gasteiger partial charge on any atom is 0.223 e. The van der Waals surface area contributed by atoms with E-state index < -0.39 is 9.84 Å². The van der Waals surface area contributed by atoms with Gasteiger partial charge < -0.3 is 9.32 Å². The maximum atomic E-state index is 12.2. The summed E-state index contributed by atoms with van der Waals surface area (Å²) in [6.45, 7) is 4.98. The summed E-state index contributed by atoms with van der Waals surface area (Å²) < 4.78 is 29.6. The highest BCUT2D eigenvalue weighted by Crippen LogP contribution is 2.18. The fourth-order valence-electron chi connectivity index (χ4n) is 2.41. The van der Waals surface area contributed by atoms with Crippen molar-refractivity contribution in [3.63, 3.8) is 0 Å². The minimum atomic E-state index is -3.31. The molecular weight excluding hydrogens is 302 g/mol. The van der Waals surface area contributed by atoms with E-state index in [-0.39, 0.29) is 23.8 Å². The molecule has 0 aliphatic heterocycles. The third-order valence-electron chi connectivity index (χ3n) is 3.65. The molecule has 2 rings (SSSR count). The van der Waals surface area contributed by atoms with Gasteiger partial charge in [0.2, 0.25) is 5.91 Å². The number of nitrogens with zero attached hydrogens (tertiary/aromatic N) is 1. The van der Waals surface area contributed by atoms with Gasteiger partial charge in [-0.05, 0) is 37.6 Å². The summed E-state index contributed by atoms with van der Waals surface area (Å²) in [5, 5.41) is 0.881. The van der Waals surface area contributed by atoms with E-state index in [2.05, 4.69) is 0 Å². The molecule has 120 valence electrons. The molecule has 0 bridgehead atoms. The van der Waals surface area contributed by atoms with Crippen LogP contribution in [0.15, 0.2) is 34.9 Å². The van der Waals surface area contributed by atoms with E-state index in [1.54, 1.807) is 29.4 Å². The van der Waals surface area contributed by atoms with Crippen molar-refractivity contribution in [2.24, 2.45) is 0 Å². The number of rotatable bonds is 7. The van der Waals surface area contributed by atoms with E-state index >= 15 is 0 Å². The first kappa shape index (κ1) is 16.5. The lowest BCUT2D eigenvalue weighted by Crippen LogP contribution is -2.31. The molecule has 0 aliphatic rings. The van der Waals surface area contributed by atoms with Crippen LogP contribution >= 0.6 is 0 Å². The van der Waals surface area contributed by atoms with E-state index in [0.717, 1.165) is 11.0 Å². The Hall–Kier alpha value is -1.82. The minimum absolute atomic E-state index is 0.0397. The summed E-state index contributed by atoms with van der Waals surface area (Å²) >= 11 is 0. The molecule has 0 spiro atoms. The standard InChI is InChI=1S/C16H21NO4S/c1-3-17(4-2)16(18)8-10-22(19,20)12-13-5-6-15-14(11-13)7-9-21-15/h5-7,9,11H,3-4,8,10,12H2,1-2H3. The van der Waals surface area contributed by atoms with Gasteiger partial charge in [-0.25, -0.2) is 8.42 Å².